The number of piperazine rings is 1. The SMILES string of the molecule is COc1ccnc(N2CC[N]CC2)n1. The lowest BCUT2D eigenvalue weighted by Crippen LogP contribution is -2.41. The molecule has 0 amide bonds. The van der Waals surface area contributed by atoms with Gasteiger partial charge in [0.2, 0.25) is 11.8 Å². The zero-order valence-electron chi connectivity index (χ0n) is 8.18. The second kappa shape index (κ2) is 4.23. The molecule has 1 aliphatic rings. The molecule has 0 atom stereocenters. The van der Waals surface area contributed by atoms with Gasteiger partial charge in [-0.25, -0.2) is 10.3 Å². The zero-order chi connectivity index (χ0) is 9.80. The number of anilines is 1. The van der Waals surface area contributed by atoms with Gasteiger partial charge >= 0.3 is 0 Å². The molecule has 75 valence electrons. The second-order valence-corrected chi connectivity index (χ2v) is 3.06. The number of rotatable bonds is 2. The van der Waals surface area contributed by atoms with E-state index < -0.39 is 0 Å². The third kappa shape index (κ3) is 1.93. The summed E-state index contributed by atoms with van der Waals surface area (Å²) in [6.07, 6.45) is 1.72. The van der Waals surface area contributed by atoms with E-state index in [9.17, 15) is 0 Å². The first kappa shape index (κ1) is 9.21. The summed E-state index contributed by atoms with van der Waals surface area (Å²) in [4.78, 5) is 10.6. The summed E-state index contributed by atoms with van der Waals surface area (Å²) in [5, 5.41) is 4.27. The Labute approximate surface area is 83.1 Å². The number of aromatic nitrogens is 2. The molecule has 1 aromatic heterocycles. The van der Waals surface area contributed by atoms with Gasteiger partial charge in [0.05, 0.1) is 7.11 Å². The minimum Gasteiger partial charge on any atom is -0.481 e. The molecule has 1 saturated heterocycles. The molecule has 5 nitrogen and oxygen atoms in total. The highest BCUT2D eigenvalue weighted by Crippen LogP contribution is 2.12. The molecular formula is C9H13N4O. The van der Waals surface area contributed by atoms with Gasteiger partial charge in [-0.05, 0) is 0 Å². The van der Waals surface area contributed by atoms with Gasteiger partial charge in [0.15, 0.2) is 0 Å². The minimum atomic E-state index is 0.609. The summed E-state index contributed by atoms with van der Waals surface area (Å²) in [7, 11) is 1.61. The zero-order valence-corrected chi connectivity index (χ0v) is 8.18. The largest absolute Gasteiger partial charge is 0.481 e. The summed E-state index contributed by atoms with van der Waals surface area (Å²) in [5.74, 6) is 1.34. The Morgan fingerprint density at radius 3 is 2.86 bits per heavy atom. The van der Waals surface area contributed by atoms with Crippen molar-refractivity contribution in [1.29, 1.82) is 0 Å². The Hall–Kier alpha value is -1.36. The van der Waals surface area contributed by atoms with Crippen LogP contribution in [0.5, 0.6) is 5.88 Å². The van der Waals surface area contributed by atoms with Crippen molar-refractivity contribution in [3.05, 3.63) is 12.3 Å². The molecule has 14 heavy (non-hydrogen) atoms. The van der Waals surface area contributed by atoms with Crippen LogP contribution in [0.4, 0.5) is 5.95 Å². The van der Waals surface area contributed by atoms with Crippen molar-refractivity contribution >= 4 is 5.95 Å². The number of hydrogen-bond acceptors (Lipinski definition) is 4. The Morgan fingerprint density at radius 2 is 2.14 bits per heavy atom. The number of hydrogen-bond donors (Lipinski definition) is 0. The van der Waals surface area contributed by atoms with Crippen LogP contribution in [0, 0.1) is 0 Å². The Bertz CT molecular complexity index is 299. The highest BCUT2D eigenvalue weighted by Gasteiger charge is 2.13. The maximum absolute atomic E-state index is 5.04. The summed E-state index contributed by atoms with van der Waals surface area (Å²) in [6.45, 7) is 3.52. The van der Waals surface area contributed by atoms with Crippen LogP contribution in [0.2, 0.25) is 0 Å². The van der Waals surface area contributed by atoms with Crippen molar-refractivity contribution < 1.29 is 4.74 Å². The molecule has 0 bridgehead atoms. The fourth-order valence-corrected chi connectivity index (χ4v) is 1.40. The average molecular weight is 193 g/mol. The fraction of sp³-hybridized carbons (Fsp3) is 0.556. The molecule has 0 spiro atoms. The van der Waals surface area contributed by atoms with E-state index in [1.807, 2.05) is 0 Å². The molecule has 1 fully saturated rings. The lowest BCUT2D eigenvalue weighted by Gasteiger charge is -2.26. The Balaban J connectivity index is 2.13. The van der Waals surface area contributed by atoms with E-state index in [0.29, 0.717) is 5.88 Å². The lowest BCUT2D eigenvalue weighted by atomic mass is 10.4. The van der Waals surface area contributed by atoms with E-state index in [1.165, 1.54) is 0 Å². The van der Waals surface area contributed by atoms with Crippen LogP contribution in [0.15, 0.2) is 12.3 Å². The number of nitrogens with zero attached hydrogens (tertiary/aromatic N) is 4. The Morgan fingerprint density at radius 1 is 1.36 bits per heavy atom. The van der Waals surface area contributed by atoms with E-state index in [4.69, 9.17) is 4.74 Å². The lowest BCUT2D eigenvalue weighted by molar-refractivity contribution is 0.396. The van der Waals surface area contributed by atoms with Crippen LogP contribution in [-0.2, 0) is 0 Å². The summed E-state index contributed by atoms with van der Waals surface area (Å²) in [5.41, 5.74) is 0. The van der Waals surface area contributed by atoms with Gasteiger partial charge in [-0.1, -0.05) is 0 Å². The molecule has 0 aliphatic carbocycles. The summed E-state index contributed by atoms with van der Waals surface area (Å²) >= 11 is 0. The van der Waals surface area contributed by atoms with E-state index in [1.54, 1.807) is 19.4 Å². The van der Waals surface area contributed by atoms with Gasteiger partial charge in [0.25, 0.3) is 0 Å². The van der Waals surface area contributed by atoms with Crippen LogP contribution >= 0.6 is 0 Å². The fourth-order valence-electron chi connectivity index (χ4n) is 1.40. The highest BCUT2D eigenvalue weighted by molar-refractivity contribution is 5.32. The third-order valence-electron chi connectivity index (χ3n) is 2.17. The van der Waals surface area contributed by atoms with Crippen molar-refractivity contribution in [3.63, 3.8) is 0 Å². The molecule has 0 N–H and O–H groups in total. The molecule has 0 aromatic carbocycles. The monoisotopic (exact) mass is 193 g/mol. The van der Waals surface area contributed by atoms with Crippen molar-refractivity contribution in [2.24, 2.45) is 0 Å². The molecule has 2 heterocycles. The Kier molecular flexibility index (Phi) is 2.78. The van der Waals surface area contributed by atoms with Crippen LogP contribution in [0.1, 0.15) is 0 Å². The standard InChI is InChI=1S/C9H13N4O/c1-14-8-2-3-11-9(12-8)13-6-4-10-5-7-13/h2-3H,4-7H2,1H3. The van der Waals surface area contributed by atoms with Crippen molar-refractivity contribution in [3.8, 4) is 5.88 Å². The van der Waals surface area contributed by atoms with Gasteiger partial charge in [-0.2, -0.15) is 4.98 Å². The van der Waals surface area contributed by atoms with Gasteiger partial charge in [-0.3, -0.25) is 0 Å². The van der Waals surface area contributed by atoms with Crippen LogP contribution in [-0.4, -0.2) is 43.3 Å². The van der Waals surface area contributed by atoms with Gasteiger partial charge < -0.3 is 9.64 Å². The quantitative estimate of drug-likeness (QED) is 0.658. The van der Waals surface area contributed by atoms with Crippen molar-refractivity contribution in [2.75, 3.05) is 38.2 Å². The second-order valence-electron chi connectivity index (χ2n) is 3.06. The van der Waals surface area contributed by atoms with E-state index in [0.717, 1.165) is 32.1 Å². The number of ether oxygens (including phenoxy) is 1. The van der Waals surface area contributed by atoms with E-state index >= 15 is 0 Å². The first-order valence-corrected chi connectivity index (χ1v) is 4.65. The van der Waals surface area contributed by atoms with Crippen molar-refractivity contribution in [2.45, 2.75) is 0 Å². The van der Waals surface area contributed by atoms with Gasteiger partial charge in [0.1, 0.15) is 0 Å². The maximum atomic E-state index is 5.04. The first-order chi connectivity index (χ1) is 6.90. The van der Waals surface area contributed by atoms with Crippen LogP contribution < -0.4 is 15.0 Å². The number of methoxy groups -OCH3 is 1. The third-order valence-corrected chi connectivity index (χ3v) is 2.17. The van der Waals surface area contributed by atoms with Crippen LogP contribution in [0.25, 0.3) is 0 Å². The molecule has 1 aliphatic heterocycles. The van der Waals surface area contributed by atoms with Gasteiger partial charge in [-0.15, -0.1) is 0 Å². The van der Waals surface area contributed by atoms with E-state index in [-0.39, 0.29) is 0 Å². The maximum Gasteiger partial charge on any atom is 0.228 e. The van der Waals surface area contributed by atoms with Crippen molar-refractivity contribution in [1.82, 2.24) is 15.3 Å². The molecule has 0 saturated carbocycles. The average Bonchev–Trinajstić information content (AvgIpc) is 2.30. The minimum absolute atomic E-state index is 0.609. The summed E-state index contributed by atoms with van der Waals surface area (Å²) in [6, 6.07) is 1.75. The smallest absolute Gasteiger partial charge is 0.228 e. The molecule has 1 aromatic rings. The van der Waals surface area contributed by atoms with Gasteiger partial charge in [0, 0.05) is 38.4 Å². The highest BCUT2D eigenvalue weighted by atomic mass is 16.5. The molecule has 5 heteroatoms. The molecule has 0 unspecified atom stereocenters. The molecule has 1 radical (unpaired) electrons. The summed E-state index contributed by atoms with van der Waals surface area (Å²) < 4.78 is 5.04. The topological polar surface area (TPSA) is 52.4 Å². The van der Waals surface area contributed by atoms with Crippen LogP contribution in [0.3, 0.4) is 0 Å². The normalized spacial score (nSPS) is 16.8. The first-order valence-electron chi connectivity index (χ1n) is 4.65. The van der Waals surface area contributed by atoms with E-state index in [2.05, 4.69) is 20.2 Å². The predicted octanol–water partition coefficient (Wildman–Crippen LogP) is -0.0904. The predicted molar refractivity (Wildman–Crippen MR) is 52.7 cm³/mol. The molecule has 2 rings (SSSR count). The molecular weight excluding hydrogens is 180 g/mol.